The maximum atomic E-state index is 14.6. The van der Waals surface area contributed by atoms with Crippen molar-refractivity contribution in [1.82, 2.24) is 9.80 Å². The monoisotopic (exact) mass is 508 g/mol. The molecule has 2 amide bonds. The Morgan fingerprint density at radius 2 is 1.91 bits per heavy atom. The van der Waals surface area contributed by atoms with Crippen molar-refractivity contribution in [3.63, 3.8) is 0 Å². The zero-order valence-corrected chi connectivity index (χ0v) is 23.2. The average molecular weight is 509 g/mol. The highest BCUT2D eigenvalue weighted by Crippen LogP contribution is 2.67. The predicted octanol–water partition coefficient (Wildman–Crippen LogP) is 3.80. The van der Waals surface area contributed by atoms with Gasteiger partial charge in [0.05, 0.1) is 29.2 Å². The van der Waals surface area contributed by atoms with E-state index in [9.17, 15) is 24.6 Å². The lowest BCUT2D eigenvalue weighted by atomic mass is 9.71. The van der Waals surface area contributed by atoms with Crippen LogP contribution in [0.5, 0.6) is 0 Å². The molecule has 2 N–H and O–H groups in total. The summed E-state index contributed by atoms with van der Waals surface area (Å²) in [4.78, 5) is 44.3. The van der Waals surface area contributed by atoms with Crippen LogP contribution in [0.15, 0.2) is 12.7 Å². The number of carbonyl (C=O) groups is 3. The first kappa shape index (κ1) is 28.0. The van der Waals surface area contributed by atoms with Crippen LogP contribution in [0.1, 0.15) is 74.1 Å². The molecule has 7 nitrogen and oxygen atoms in total. The van der Waals surface area contributed by atoms with E-state index in [-0.39, 0.29) is 35.0 Å². The lowest BCUT2D eigenvalue weighted by molar-refractivity contribution is -0.151. The Balaban J connectivity index is 2.13. The Hall–Kier alpha value is -1.54. The van der Waals surface area contributed by atoms with Gasteiger partial charge in [-0.3, -0.25) is 14.4 Å². The summed E-state index contributed by atoms with van der Waals surface area (Å²) in [6.07, 6.45) is 4.34. The number of carbonyl (C=O) groups excluding carboxylic acids is 2. The lowest BCUT2D eigenvalue weighted by Gasteiger charge is -2.46. The van der Waals surface area contributed by atoms with E-state index in [1.165, 1.54) is 11.8 Å². The maximum absolute atomic E-state index is 14.6. The van der Waals surface area contributed by atoms with Crippen LogP contribution >= 0.6 is 11.8 Å². The van der Waals surface area contributed by atoms with Crippen molar-refractivity contribution >= 4 is 29.5 Å². The normalized spacial score (nSPS) is 31.1. The zero-order chi connectivity index (χ0) is 26.5. The number of aliphatic hydroxyl groups excluding tert-OH is 1. The molecule has 3 rings (SSSR count). The van der Waals surface area contributed by atoms with E-state index in [4.69, 9.17) is 0 Å². The minimum atomic E-state index is -0.962. The summed E-state index contributed by atoms with van der Waals surface area (Å²) >= 11 is 1.54. The van der Waals surface area contributed by atoms with Crippen molar-refractivity contribution in [2.45, 2.75) is 102 Å². The summed E-state index contributed by atoms with van der Waals surface area (Å²) < 4.78 is -0.774. The molecular weight excluding hydrogens is 464 g/mol. The highest BCUT2D eigenvalue weighted by Gasteiger charge is 2.74. The van der Waals surface area contributed by atoms with Crippen molar-refractivity contribution in [2.75, 3.05) is 13.2 Å². The van der Waals surface area contributed by atoms with Crippen molar-refractivity contribution in [1.29, 1.82) is 0 Å². The number of hydrogen-bond donors (Lipinski definition) is 2. The van der Waals surface area contributed by atoms with Gasteiger partial charge in [0, 0.05) is 17.3 Å². The zero-order valence-electron chi connectivity index (χ0n) is 22.4. The van der Waals surface area contributed by atoms with Gasteiger partial charge < -0.3 is 20.0 Å². The smallest absolute Gasteiger partial charge is 0.308 e. The molecule has 8 heteroatoms. The second kappa shape index (κ2) is 9.73. The predicted molar refractivity (Wildman–Crippen MR) is 139 cm³/mol. The Labute approximate surface area is 214 Å². The molecule has 35 heavy (non-hydrogen) atoms. The summed E-state index contributed by atoms with van der Waals surface area (Å²) in [5.41, 5.74) is -0.539. The first-order valence-electron chi connectivity index (χ1n) is 12.9. The molecule has 0 aromatic carbocycles. The van der Waals surface area contributed by atoms with E-state index in [1.807, 2.05) is 32.6 Å². The van der Waals surface area contributed by atoms with Crippen LogP contribution in [-0.4, -0.2) is 78.6 Å². The fraction of sp³-hybridized carbons (Fsp3) is 0.815. The standard InChI is InChI=1S/C27H44N2O5S/c1-9-12-28(26(7,8)15-25(4,5)6)23(32)21-27-11-10-18(35-27)19(24(33)34)20(27)22(31)29(21)17(14-30)13-16(2)3/h9,16-21,30H,1,10-15H2,2-8H3,(H,33,34)/t17-,18+,19-,20+,21?,27?/m1/s1. The van der Waals surface area contributed by atoms with Crippen molar-refractivity contribution < 1.29 is 24.6 Å². The van der Waals surface area contributed by atoms with Gasteiger partial charge in [0.1, 0.15) is 6.04 Å². The number of amides is 2. The van der Waals surface area contributed by atoms with Crippen LogP contribution in [0.3, 0.4) is 0 Å². The van der Waals surface area contributed by atoms with Gasteiger partial charge in [0.25, 0.3) is 0 Å². The highest BCUT2D eigenvalue weighted by molar-refractivity contribution is 8.02. The summed E-state index contributed by atoms with van der Waals surface area (Å²) in [5.74, 6) is -2.73. The molecule has 0 aromatic heterocycles. The third kappa shape index (κ3) is 4.89. The van der Waals surface area contributed by atoms with E-state index < -0.39 is 40.2 Å². The number of nitrogens with zero attached hydrogens (tertiary/aromatic N) is 2. The fourth-order valence-electron chi connectivity index (χ4n) is 7.17. The Morgan fingerprint density at radius 1 is 1.29 bits per heavy atom. The maximum Gasteiger partial charge on any atom is 0.308 e. The number of rotatable bonds is 10. The molecule has 2 unspecified atom stereocenters. The SMILES string of the molecule is C=CCN(C(=O)C1N([C@@H](CO)CC(C)C)C(=O)[C@@H]2[C@H](C(=O)O)[C@@H]3CCC12S3)C(C)(C)CC(C)(C)C. The van der Waals surface area contributed by atoms with Crippen LogP contribution < -0.4 is 0 Å². The van der Waals surface area contributed by atoms with E-state index in [0.717, 1.165) is 6.42 Å². The Morgan fingerprint density at radius 3 is 2.40 bits per heavy atom. The number of thioether (sulfide) groups is 1. The third-order valence-corrected chi connectivity index (χ3v) is 9.83. The molecule has 1 spiro atoms. The summed E-state index contributed by atoms with van der Waals surface area (Å²) in [5, 5.41) is 20.3. The topological polar surface area (TPSA) is 98.2 Å². The van der Waals surface area contributed by atoms with Crippen LogP contribution in [0.25, 0.3) is 0 Å². The van der Waals surface area contributed by atoms with Crippen molar-refractivity contribution in [3.05, 3.63) is 12.7 Å². The lowest BCUT2D eigenvalue weighted by Crippen LogP contribution is -2.61. The van der Waals surface area contributed by atoms with E-state index in [2.05, 4.69) is 27.4 Å². The fourth-order valence-corrected chi connectivity index (χ4v) is 9.36. The molecule has 3 saturated heterocycles. The van der Waals surface area contributed by atoms with Gasteiger partial charge in [-0.1, -0.05) is 40.7 Å². The molecule has 0 aliphatic carbocycles. The van der Waals surface area contributed by atoms with Crippen LogP contribution in [-0.2, 0) is 14.4 Å². The van der Waals surface area contributed by atoms with Crippen LogP contribution in [0, 0.1) is 23.2 Å². The first-order valence-corrected chi connectivity index (χ1v) is 13.8. The molecule has 3 heterocycles. The number of carboxylic acids is 1. The highest BCUT2D eigenvalue weighted by atomic mass is 32.2. The summed E-state index contributed by atoms with van der Waals surface area (Å²) in [6.45, 7) is 18.5. The molecule has 2 bridgehead atoms. The van der Waals surface area contributed by atoms with Gasteiger partial charge in [0.15, 0.2) is 0 Å². The van der Waals surface area contributed by atoms with Crippen LogP contribution in [0.4, 0.5) is 0 Å². The van der Waals surface area contributed by atoms with Crippen LogP contribution in [0.2, 0.25) is 0 Å². The Bertz CT molecular complexity index is 866. The number of aliphatic hydroxyl groups is 1. The molecule has 3 aliphatic heterocycles. The largest absolute Gasteiger partial charge is 0.481 e. The quantitative estimate of drug-likeness (QED) is 0.436. The molecular formula is C27H44N2O5S. The molecule has 198 valence electrons. The van der Waals surface area contributed by atoms with Crippen molar-refractivity contribution in [2.24, 2.45) is 23.2 Å². The van der Waals surface area contributed by atoms with Gasteiger partial charge in [-0.2, -0.15) is 0 Å². The third-order valence-electron chi connectivity index (χ3n) is 7.88. The average Bonchev–Trinajstić information content (AvgIpc) is 3.35. The van der Waals surface area contributed by atoms with E-state index >= 15 is 0 Å². The molecule has 6 atom stereocenters. The van der Waals surface area contributed by atoms with Gasteiger partial charge in [-0.05, 0) is 50.9 Å². The number of hydrogen-bond acceptors (Lipinski definition) is 5. The summed E-state index contributed by atoms with van der Waals surface area (Å²) in [6, 6.07) is -1.32. The van der Waals surface area contributed by atoms with Gasteiger partial charge in [-0.25, -0.2) is 0 Å². The second-order valence-electron chi connectivity index (χ2n) is 12.9. The first-order chi connectivity index (χ1) is 16.1. The Kier molecular flexibility index (Phi) is 7.79. The molecule has 0 aromatic rings. The number of carboxylic acid groups (broad SMARTS) is 1. The second-order valence-corrected chi connectivity index (χ2v) is 14.5. The van der Waals surface area contributed by atoms with E-state index in [1.54, 1.807) is 11.0 Å². The number of likely N-dealkylation sites (tertiary alicyclic amines) is 1. The minimum absolute atomic E-state index is 0.0323. The molecule has 3 aliphatic rings. The molecule has 0 radical (unpaired) electrons. The number of aliphatic carboxylic acids is 1. The van der Waals surface area contributed by atoms with Gasteiger partial charge >= 0.3 is 5.97 Å². The van der Waals surface area contributed by atoms with Crippen molar-refractivity contribution in [3.8, 4) is 0 Å². The van der Waals surface area contributed by atoms with Gasteiger partial charge in [0.2, 0.25) is 11.8 Å². The molecule has 0 saturated carbocycles. The minimum Gasteiger partial charge on any atom is -0.481 e. The van der Waals surface area contributed by atoms with Gasteiger partial charge in [-0.15, -0.1) is 18.3 Å². The number of fused-ring (bicyclic) bond motifs is 1. The summed E-state index contributed by atoms with van der Waals surface area (Å²) in [7, 11) is 0. The van der Waals surface area contributed by atoms with E-state index in [0.29, 0.717) is 25.8 Å². The molecule has 3 fully saturated rings.